The van der Waals surface area contributed by atoms with E-state index >= 15 is 0 Å². The van der Waals surface area contributed by atoms with Crippen LogP contribution >= 0.6 is 0 Å². The Morgan fingerprint density at radius 1 is 0.850 bits per heavy atom. The molecule has 3 heteroatoms. The van der Waals surface area contributed by atoms with Crippen LogP contribution in [0.3, 0.4) is 0 Å². The second-order valence-electron chi connectivity index (χ2n) is 7.49. The molecule has 0 bridgehead atoms. The van der Waals surface area contributed by atoms with E-state index in [0.717, 1.165) is 30.5 Å². The quantitative estimate of drug-likeness (QED) is 0.829. The molecule has 0 spiro atoms. The topological polar surface area (TPSA) is 33.3 Å². The van der Waals surface area contributed by atoms with Gasteiger partial charge in [0.15, 0.2) is 0 Å². The number of nitrogens with one attached hydrogen (secondary N) is 2. The molecule has 2 N–H and O–H groups in total. The summed E-state index contributed by atoms with van der Waals surface area (Å²) >= 11 is 0. The zero-order chi connectivity index (χ0) is 13.4. The molecule has 3 nitrogen and oxygen atoms in total. The van der Waals surface area contributed by atoms with Crippen molar-refractivity contribution < 1.29 is 4.74 Å². The lowest BCUT2D eigenvalue weighted by Gasteiger charge is -2.38. The normalized spacial score (nSPS) is 45.9. The summed E-state index contributed by atoms with van der Waals surface area (Å²) in [6.07, 6.45) is 13.0. The number of rotatable bonds is 4. The van der Waals surface area contributed by atoms with E-state index in [4.69, 9.17) is 4.74 Å². The second-order valence-corrected chi connectivity index (χ2v) is 7.49. The lowest BCUT2D eigenvalue weighted by Crippen LogP contribution is -2.52. The van der Waals surface area contributed by atoms with Gasteiger partial charge in [-0.2, -0.15) is 0 Å². The molecule has 2 saturated heterocycles. The molecule has 0 amide bonds. The summed E-state index contributed by atoms with van der Waals surface area (Å²) in [6.45, 7) is 2.23. The van der Waals surface area contributed by atoms with Gasteiger partial charge in [-0.05, 0) is 63.3 Å². The van der Waals surface area contributed by atoms with Crippen molar-refractivity contribution in [3.05, 3.63) is 0 Å². The molecule has 2 aliphatic heterocycles. The van der Waals surface area contributed by atoms with E-state index in [0.29, 0.717) is 12.1 Å². The smallest absolute Gasteiger partial charge is 0.0757 e. The average molecular weight is 278 g/mol. The maximum absolute atomic E-state index is 6.01. The third-order valence-corrected chi connectivity index (χ3v) is 6.09. The molecule has 20 heavy (non-hydrogen) atoms. The van der Waals surface area contributed by atoms with Gasteiger partial charge in [0.2, 0.25) is 0 Å². The average Bonchev–Trinajstić information content (AvgIpc) is 3.00. The van der Waals surface area contributed by atoms with Crippen molar-refractivity contribution in [1.82, 2.24) is 10.6 Å². The van der Waals surface area contributed by atoms with Crippen LogP contribution in [-0.2, 0) is 4.74 Å². The first-order valence-corrected chi connectivity index (χ1v) is 9.03. The fraction of sp³-hybridized carbons (Fsp3) is 1.00. The lowest BCUT2D eigenvalue weighted by molar-refractivity contribution is 0.0730. The minimum atomic E-state index is 0.536. The molecule has 2 aliphatic carbocycles. The lowest BCUT2D eigenvalue weighted by atomic mass is 9.78. The van der Waals surface area contributed by atoms with E-state index in [1.54, 1.807) is 0 Å². The van der Waals surface area contributed by atoms with Crippen molar-refractivity contribution in [1.29, 1.82) is 0 Å². The second kappa shape index (κ2) is 5.94. The summed E-state index contributed by atoms with van der Waals surface area (Å²) in [5, 5.41) is 7.81. The van der Waals surface area contributed by atoms with Gasteiger partial charge in [-0.25, -0.2) is 0 Å². The number of hydrogen-bond acceptors (Lipinski definition) is 3. The highest BCUT2D eigenvalue weighted by molar-refractivity contribution is 4.98. The molecule has 2 heterocycles. The zero-order valence-electron chi connectivity index (χ0n) is 12.7. The summed E-state index contributed by atoms with van der Waals surface area (Å²) in [7, 11) is 0. The summed E-state index contributed by atoms with van der Waals surface area (Å²) in [5.41, 5.74) is 0. The first-order chi connectivity index (χ1) is 9.92. The first kappa shape index (κ1) is 13.5. The fourth-order valence-corrected chi connectivity index (χ4v) is 4.88. The van der Waals surface area contributed by atoms with E-state index in [-0.39, 0.29) is 0 Å². The van der Waals surface area contributed by atoms with Crippen molar-refractivity contribution in [2.24, 2.45) is 11.8 Å². The Hall–Kier alpha value is -0.120. The summed E-state index contributed by atoms with van der Waals surface area (Å²) in [6, 6.07) is 2.18. The van der Waals surface area contributed by atoms with E-state index in [2.05, 4.69) is 10.6 Å². The van der Waals surface area contributed by atoms with Crippen LogP contribution in [-0.4, -0.2) is 37.4 Å². The van der Waals surface area contributed by atoms with Gasteiger partial charge in [0.05, 0.1) is 6.10 Å². The highest BCUT2D eigenvalue weighted by atomic mass is 16.5. The van der Waals surface area contributed by atoms with Gasteiger partial charge in [0.1, 0.15) is 0 Å². The Kier molecular flexibility index (Phi) is 4.02. The van der Waals surface area contributed by atoms with Gasteiger partial charge < -0.3 is 15.4 Å². The molecule has 0 radical (unpaired) electrons. The summed E-state index contributed by atoms with van der Waals surface area (Å²) in [4.78, 5) is 0. The highest BCUT2D eigenvalue weighted by Gasteiger charge is 2.43. The van der Waals surface area contributed by atoms with E-state index in [1.807, 2.05) is 0 Å². The van der Waals surface area contributed by atoms with Gasteiger partial charge >= 0.3 is 0 Å². The summed E-state index contributed by atoms with van der Waals surface area (Å²) in [5.74, 6) is 1.74. The molecule has 0 aromatic rings. The Balaban J connectivity index is 1.39. The summed E-state index contributed by atoms with van der Waals surface area (Å²) < 4.78 is 6.01. The van der Waals surface area contributed by atoms with Gasteiger partial charge in [-0.15, -0.1) is 0 Å². The fourth-order valence-electron chi connectivity index (χ4n) is 4.88. The van der Waals surface area contributed by atoms with E-state index < -0.39 is 0 Å². The van der Waals surface area contributed by atoms with Crippen molar-refractivity contribution >= 4 is 0 Å². The number of hydrogen-bond donors (Lipinski definition) is 2. The molecule has 4 rings (SSSR count). The van der Waals surface area contributed by atoms with Crippen molar-refractivity contribution in [3.63, 3.8) is 0 Å². The maximum Gasteiger partial charge on any atom is 0.0757 e. The molecule has 0 aromatic carbocycles. The van der Waals surface area contributed by atoms with Crippen LogP contribution < -0.4 is 10.6 Å². The van der Waals surface area contributed by atoms with E-state index in [1.165, 1.54) is 64.3 Å². The molecule has 0 aromatic heterocycles. The number of ether oxygens (including phenoxy) is 1. The Labute approximate surface area is 123 Å². The molecular formula is C17H30N2O. The molecular weight excluding hydrogens is 248 g/mol. The van der Waals surface area contributed by atoms with E-state index in [9.17, 15) is 0 Å². The van der Waals surface area contributed by atoms with Crippen LogP contribution in [0.1, 0.15) is 57.8 Å². The van der Waals surface area contributed by atoms with Gasteiger partial charge in [0, 0.05) is 24.7 Å². The van der Waals surface area contributed by atoms with Crippen molar-refractivity contribution in [3.8, 4) is 0 Å². The Bertz CT molecular complexity index is 325. The predicted molar refractivity (Wildman–Crippen MR) is 80.8 cm³/mol. The molecule has 5 atom stereocenters. The van der Waals surface area contributed by atoms with Gasteiger partial charge in [-0.3, -0.25) is 0 Å². The van der Waals surface area contributed by atoms with Crippen LogP contribution in [0.2, 0.25) is 0 Å². The van der Waals surface area contributed by atoms with Crippen LogP contribution in [0.25, 0.3) is 0 Å². The largest absolute Gasteiger partial charge is 0.376 e. The van der Waals surface area contributed by atoms with Gasteiger partial charge in [0.25, 0.3) is 0 Å². The Morgan fingerprint density at radius 3 is 2.55 bits per heavy atom. The SMILES string of the molecule is C1CNC(C2CCCCC2NC2CCOC2C2CC2)C1. The van der Waals surface area contributed by atoms with Crippen LogP contribution in [0, 0.1) is 11.8 Å². The van der Waals surface area contributed by atoms with Gasteiger partial charge in [-0.1, -0.05) is 12.8 Å². The third kappa shape index (κ3) is 2.77. The first-order valence-electron chi connectivity index (χ1n) is 9.03. The van der Waals surface area contributed by atoms with Crippen molar-refractivity contribution in [2.75, 3.05) is 13.2 Å². The van der Waals surface area contributed by atoms with Crippen LogP contribution in [0.5, 0.6) is 0 Å². The van der Waals surface area contributed by atoms with Crippen molar-refractivity contribution in [2.45, 2.75) is 82.0 Å². The van der Waals surface area contributed by atoms with Crippen LogP contribution in [0.4, 0.5) is 0 Å². The predicted octanol–water partition coefficient (Wildman–Crippen LogP) is 2.45. The molecule has 4 aliphatic rings. The standard InChI is InChI=1S/C17H30N2O/c1-2-5-15(13(4-1)14-6-3-10-18-14)19-16-9-11-20-17(16)12-7-8-12/h12-19H,1-11H2. The monoisotopic (exact) mass is 278 g/mol. The minimum absolute atomic E-state index is 0.536. The minimum Gasteiger partial charge on any atom is -0.376 e. The maximum atomic E-state index is 6.01. The third-order valence-electron chi connectivity index (χ3n) is 6.09. The molecule has 2 saturated carbocycles. The Morgan fingerprint density at radius 2 is 1.75 bits per heavy atom. The van der Waals surface area contributed by atoms with Crippen LogP contribution in [0.15, 0.2) is 0 Å². The molecule has 114 valence electrons. The highest BCUT2D eigenvalue weighted by Crippen LogP contribution is 2.40. The molecule has 5 unspecified atom stereocenters. The zero-order valence-corrected chi connectivity index (χ0v) is 12.7. The molecule has 4 fully saturated rings.